The fraction of sp³-hybridized carbons (Fsp3) is 0.414. The van der Waals surface area contributed by atoms with Crippen LogP contribution in [0.2, 0.25) is 0 Å². The van der Waals surface area contributed by atoms with Crippen molar-refractivity contribution in [2.24, 2.45) is 11.5 Å². The lowest BCUT2D eigenvalue weighted by Crippen LogP contribution is -2.29. The second-order valence-electron chi connectivity index (χ2n) is 8.93. The molecule has 0 amide bonds. The second-order valence-corrected chi connectivity index (χ2v) is 8.93. The number of rotatable bonds is 15. The molecule has 1 aliphatic carbocycles. The number of fused-ring (bicyclic) bond motifs is 1. The Balaban J connectivity index is 1.74. The van der Waals surface area contributed by atoms with Gasteiger partial charge in [0.1, 0.15) is 18.1 Å². The summed E-state index contributed by atoms with van der Waals surface area (Å²) in [6.45, 7) is 3.79. The van der Waals surface area contributed by atoms with E-state index in [1.165, 1.54) is 0 Å². The van der Waals surface area contributed by atoms with Gasteiger partial charge in [0.15, 0.2) is 11.5 Å². The van der Waals surface area contributed by atoms with Crippen LogP contribution in [0.4, 0.5) is 0 Å². The van der Waals surface area contributed by atoms with Crippen molar-refractivity contribution in [1.82, 2.24) is 15.6 Å². The van der Waals surface area contributed by atoms with Gasteiger partial charge in [0.05, 0.1) is 25.4 Å². The number of hydrogen-bond acceptors (Lipinski definition) is 9. The van der Waals surface area contributed by atoms with E-state index in [9.17, 15) is 0 Å². The normalized spacial score (nSPS) is 14.4. The number of aliphatic hydroxyl groups excluding tert-OH is 1. The van der Waals surface area contributed by atoms with Crippen LogP contribution in [0.15, 0.2) is 71.9 Å². The number of nitrogens with one attached hydrogen (secondary N) is 2. The minimum absolute atomic E-state index is 0.0924. The summed E-state index contributed by atoms with van der Waals surface area (Å²) in [5.74, 6) is 2.82. The number of allylic oxidation sites excluding steroid dienone is 6. The first-order valence-electron chi connectivity index (χ1n) is 13.2. The highest BCUT2D eigenvalue weighted by Crippen LogP contribution is 2.36. The first-order chi connectivity index (χ1) is 18.5. The molecule has 1 aromatic heterocycles. The number of pyridine rings is 1. The SMILES string of the molecule is CC/C=C(\C=C/CC(N)N)NC1=CC=C(Oc2ccnc3cc(OCCNCCO)c(OC)cc23)CCC1. The highest BCUT2D eigenvalue weighted by atomic mass is 16.5. The number of methoxy groups -OCH3 is 1. The van der Waals surface area contributed by atoms with Gasteiger partial charge in [-0.3, -0.25) is 4.98 Å². The monoisotopic (exact) mass is 523 g/mol. The third kappa shape index (κ3) is 9.18. The Morgan fingerprint density at radius 1 is 1.16 bits per heavy atom. The molecule has 1 heterocycles. The minimum Gasteiger partial charge on any atom is -0.493 e. The van der Waals surface area contributed by atoms with E-state index in [2.05, 4.69) is 34.7 Å². The second kappa shape index (κ2) is 15.8. The van der Waals surface area contributed by atoms with Gasteiger partial charge < -0.3 is 41.4 Å². The maximum Gasteiger partial charge on any atom is 0.163 e. The standard InChI is InChI=1S/C29H41N5O4/c1-3-6-21(8-5-10-29(30)31)34-22-7-4-9-23(12-11-22)38-26-13-14-33-25-20-28(27(36-2)19-24(25)26)37-18-16-32-15-17-35/h5-6,8,11-14,19-20,29,32,34-35H,3-4,7,9-10,15-18,30-31H2,1-2H3/b8-5-,21-6+. The van der Waals surface area contributed by atoms with Crippen LogP contribution in [0.3, 0.4) is 0 Å². The first kappa shape index (κ1) is 29.2. The summed E-state index contributed by atoms with van der Waals surface area (Å²) >= 11 is 0. The molecule has 0 aliphatic heterocycles. The summed E-state index contributed by atoms with van der Waals surface area (Å²) < 4.78 is 17.8. The number of nitrogens with zero attached hydrogens (tertiary/aromatic N) is 1. The predicted molar refractivity (Wildman–Crippen MR) is 152 cm³/mol. The fourth-order valence-corrected chi connectivity index (χ4v) is 3.99. The molecule has 0 radical (unpaired) electrons. The molecular weight excluding hydrogens is 482 g/mol. The molecule has 0 bridgehead atoms. The van der Waals surface area contributed by atoms with E-state index < -0.39 is 0 Å². The zero-order valence-corrected chi connectivity index (χ0v) is 22.4. The van der Waals surface area contributed by atoms with Crippen LogP contribution < -0.4 is 36.3 Å². The third-order valence-corrected chi connectivity index (χ3v) is 5.83. The number of nitrogens with two attached hydrogens (primary N) is 2. The van der Waals surface area contributed by atoms with Crippen molar-refractivity contribution in [1.29, 1.82) is 0 Å². The van der Waals surface area contributed by atoms with Crippen LogP contribution in [0.25, 0.3) is 10.9 Å². The maximum absolute atomic E-state index is 8.89. The third-order valence-electron chi connectivity index (χ3n) is 5.83. The molecule has 0 saturated heterocycles. The Morgan fingerprint density at radius 3 is 2.79 bits per heavy atom. The summed E-state index contributed by atoms with van der Waals surface area (Å²) in [5, 5.41) is 16.4. The molecule has 2 aromatic rings. The molecule has 9 nitrogen and oxygen atoms in total. The minimum atomic E-state index is -0.350. The smallest absolute Gasteiger partial charge is 0.163 e. The number of aliphatic hydroxyl groups is 1. The van der Waals surface area contributed by atoms with Crippen molar-refractivity contribution in [3.05, 3.63) is 71.9 Å². The summed E-state index contributed by atoms with van der Waals surface area (Å²) in [6.07, 6.45) is 15.9. The number of benzene rings is 1. The zero-order valence-electron chi connectivity index (χ0n) is 22.4. The summed E-state index contributed by atoms with van der Waals surface area (Å²) in [5.41, 5.74) is 14.2. The van der Waals surface area contributed by atoms with Gasteiger partial charge in [-0.05, 0) is 56.0 Å². The van der Waals surface area contributed by atoms with Crippen LogP contribution in [-0.4, -0.2) is 49.7 Å². The molecule has 0 spiro atoms. The van der Waals surface area contributed by atoms with Crippen molar-refractivity contribution in [3.63, 3.8) is 0 Å². The molecule has 1 aliphatic rings. The van der Waals surface area contributed by atoms with Gasteiger partial charge in [-0.1, -0.05) is 19.1 Å². The lowest BCUT2D eigenvalue weighted by atomic mass is 10.1. The topological polar surface area (TPSA) is 137 Å². The summed E-state index contributed by atoms with van der Waals surface area (Å²) in [7, 11) is 1.61. The highest BCUT2D eigenvalue weighted by Gasteiger charge is 2.14. The molecule has 3 rings (SSSR count). The molecule has 9 heteroatoms. The van der Waals surface area contributed by atoms with Gasteiger partial charge in [-0.25, -0.2) is 0 Å². The van der Waals surface area contributed by atoms with Crippen molar-refractivity contribution in [2.45, 2.75) is 45.2 Å². The van der Waals surface area contributed by atoms with Crippen molar-refractivity contribution < 1.29 is 19.3 Å². The number of hydrogen-bond donors (Lipinski definition) is 5. The molecule has 0 unspecified atom stereocenters. The van der Waals surface area contributed by atoms with Crippen LogP contribution >= 0.6 is 0 Å². The van der Waals surface area contributed by atoms with E-state index in [1.807, 2.05) is 36.4 Å². The van der Waals surface area contributed by atoms with Crippen molar-refractivity contribution in [2.75, 3.05) is 33.4 Å². The fourth-order valence-electron chi connectivity index (χ4n) is 3.99. The molecule has 1 aromatic carbocycles. The predicted octanol–water partition coefficient (Wildman–Crippen LogP) is 3.61. The Morgan fingerprint density at radius 2 is 2.03 bits per heavy atom. The van der Waals surface area contributed by atoms with Gasteiger partial charge in [0, 0.05) is 48.6 Å². The van der Waals surface area contributed by atoms with Gasteiger partial charge in [0.25, 0.3) is 0 Å². The summed E-state index contributed by atoms with van der Waals surface area (Å²) in [4.78, 5) is 4.51. The molecular formula is C29H41N5O4. The van der Waals surface area contributed by atoms with Gasteiger partial charge >= 0.3 is 0 Å². The zero-order chi connectivity index (χ0) is 27.2. The lowest BCUT2D eigenvalue weighted by molar-refractivity contribution is 0.269. The summed E-state index contributed by atoms with van der Waals surface area (Å²) in [6, 6.07) is 5.63. The Bertz CT molecular complexity index is 1160. The van der Waals surface area contributed by atoms with Crippen LogP contribution in [-0.2, 0) is 0 Å². The van der Waals surface area contributed by atoms with Gasteiger partial charge in [-0.2, -0.15) is 0 Å². The highest BCUT2D eigenvalue weighted by molar-refractivity contribution is 5.88. The molecule has 206 valence electrons. The Kier molecular flexibility index (Phi) is 12.1. The van der Waals surface area contributed by atoms with Crippen LogP contribution in [0, 0.1) is 0 Å². The Labute approximate surface area is 225 Å². The van der Waals surface area contributed by atoms with E-state index in [1.54, 1.807) is 13.3 Å². The Hall–Kier alpha value is -3.37. The molecule has 0 saturated carbocycles. The van der Waals surface area contributed by atoms with E-state index in [-0.39, 0.29) is 12.8 Å². The number of ether oxygens (including phenoxy) is 3. The van der Waals surface area contributed by atoms with Crippen LogP contribution in [0.5, 0.6) is 17.2 Å². The maximum atomic E-state index is 8.89. The van der Waals surface area contributed by atoms with Gasteiger partial charge in [-0.15, -0.1) is 0 Å². The first-order valence-corrected chi connectivity index (χ1v) is 13.2. The molecule has 7 N–H and O–H groups in total. The van der Waals surface area contributed by atoms with E-state index >= 15 is 0 Å². The van der Waals surface area contributed by atoms with E-state index in [0.29, 0.717) is 43.4 Å². The quantitative estimate of drug-likeness (QED) is 0.135. The van der Waals surface area contributed by atoms with Crippen LogP contribution in [0.1, 0.15) is 39.0 Å². The van der Waals surface area contributed by atoms with E-state index in [0.717, 1.165) is 53.7 Å². The van der Waals surface area contributed by atoms with Crippen molar-refractivity contribution in [3.8, 4) is 17.2 Å². The lowest BCUT2D eigenvalue weighted by Gasteiger charge is -2.15. The average Bonchev–Trinajstić information content (AvgIpc) is 3.13. The van der Waals surface area contributed by atoms with Crippen molar-refractivity contribution >= 4 is 10.9 Å². The number of aromatic nitrogens is 1. The molecule has 0 fully saturated rings. The average molecular weight is 524 g/mol. The van der Waals surface area contributed by atoms with Gasteiger partial charge in [0.2, 0.25) is 0 Å². The van der Waals surface area contributed by atoms with E-state index in [4.69, 9.17) is 30.8 Å². The largest absolute Gasteiger partial charge is 0.493 e. The molecule has 0 atom stereocenters. The molecule has 38 heavy (non-hydrogen) atoms.